The molecule has 2 aliphatic rings. The van der Waals surface area contributed by atoms with Crippen LogP contribution in [0.25, 0.3) is 0 Å². The predicted octanol–water partition coefficient (Wildman–Crippen LogP) is 1.20. The highest BCUT2D eigenvalue weighted by molar-refractivity contribution is 6.25. The van der Waals surface area contributed by atoms with E-state index in [1.807, 2.05) is 0 Å². The molecule has 0 aromatic heterocycles. The van der Waals surface area contributed by atoms with Gasteiger partial charge in [0.2, 0.25) is 11.8 Å². The first kappa shape index (κ1) is 11.0. The van der Waals surface area contributed by atoms with Gasteiger partial charge in [-0.25, -0.2) is 9.69 Å². The summed E-state index contributed by atoms with van der Waals surface area (Å²) < 4.78 is 0. The molecule has 2 atom stereocenters. The number of hydrogen-bond acceptors (Lipinski definition) is 3. The lowest BCUT2D eigenvalue weighted by molar-refractivity contribution is -0.123. The molecule has 1 N–H and O–H groups in total. The molecule has 1 aromatic carbocycles. The standard InChI is InChI=1S/C13H11NO4/c1-6-4-7(13(17)18)2-3-10(6)14-11(15)8-5-9(8)12(14)16/h2-4,8-9H,5H2,1H3,(H,17,18). The minimum Gasteiger partial charge on any atom is -0.478 e. The van der Waals surface area contributed by atoms with Crippen LogP contribution in [-0.4, -0.2) is 22.9 Å². The van der Waals surface area contributed by atoms with Crippen LogP contribution in [-0.2, 0) is 9.59 Å². The first-order valence-electron chi connectivity index (χ1n) is 5.72. The van der Waals surface area contributed by atoms with Crippen LogP contribution in [0.3, 0.4) is 0 Å². The number of aryl methyl sites for hydroxylation is 1. The number of carboxylic acid groups (broad SMARTS) is 1. The Morgan fingerprint density at radius 1 is 1.28 bits per heavy atom. The fraction of sp³-hybridized carbons (Fsp3) is 0.308. The third-order valence-electron chi connectivity index (χ3n) is 3.55. The molecule has 0 radical (unpaired) electrons. The summed E-state index contributed by atoms with van der Waals surface area (Å²) in [5.74, 6) is -1.62. The molecule has 18 heavy (non-hydrogen) atoms. The number of benzene rings is 1. The number of carboxylic acids is 1. The van der Waals surface area contributed by atoms with E-state index in [9.17, 15) is 14.4 Å². The largest absolute Gasteiger partial charge is 0.478 e. The van der Waals surface area contributed by atoms with Crippen molar-refractivity contribution in [2.75, 3.05) is 4.90 Å². The average Bonchev–Trinajstić information content (AvgIpc) is 3.06. The second-order valence-electron chi connectivity index (χ2n) is 4.77. The first-order chi connectivity index (χ1) is 8.50. The van der Waals surface area contributed by atoms with Gasteiger partial charge in [-0.3, -0.25) is 9.59 Å². The molecule has 0 bridgehead atoms. The van der Waals surface area contributed by atoms with Crippen molar-refractivity contribution in [2.45, 2.75) is 13.3 Å². The Hall–Kier alpha value is -2.17. The van der Waals surface area contributed by atoms with Gasteiger partial charge in [0.15, 0.2) is 0 Å². The third kappa shape index (κ3) is 1.37. The summed E-state index contributed by atoms with van der Waals surface area (Å²) in [6.45, 7) is 1.70. The highest BCUT2D eigenvalue weighted by atomic mass is 16.4. The van der Waals surface area contributed by atoms with Crippen LogP contribution in [0.4, 0.5) is 5.69 Å². The fourth-order valence-electron chi connectivity index (χ4n) is 2.46. The highest BCUT2D eigenvalue weighted by Gasteiger charge is 2.59. The smallest absolute Gasteiger partial charge is 0.335 e. The number of amides is 2. The molecule has 3 rings (SSSR count). The summed E-state index contributed by atoms with van der Waals surface area (Å²) in [7, 11) is 0. The number of nitrogens with zero attached hydrogens (tertiary/aromatic N) is 1. The molecule has 5 heteroatoms. The van der Waals surface area contributed by atoms with E-state index in [1.165, 1.54) is 23.1 Å². The molecule has 1 aliphatic carbocycles. The summed E-state index contributed by atoms with van der Waals surface area (Å²) in [4.78, 5) is 35.9. The molecule has 1 heterocycles. The van der Waals surface area contributed by atoms with Gasteiger partial charge >= 0.3 is 5.97 Å². The molecule has 5 nitrogen and oxygen atoms in total. The van der Waals surface area contributed by atoms with E-state index in [0.717, 1.165) is 0 Å². The summed E-state index contributed by atoms with van der Waals surface area (Å²) >= 11 is 0. The molecule has 0 spiro atoms. The molecule has 2 unspecified atom stereocenters. The minimum atomic E-state index is -1.02. The van der Waals surface area contributed by atoms with Gasteiger partial charge < -0.3 is 5.11 Å². The van der Waals surface area contributed by atoms with Gasteiger partial charge in [-0.2, -0.15) is 0 Å². The van der Waals surface area contributed by atoms with Gasteiger partial charge in [0, 0.05) is 0 Å². The van der Waals surface area contributed by atoms with E-state index in [1.54, 1.807) is 6.92 Å². The van der Waals surface area contributed by atoms with Crippen molar-refractivity contribution in [2.24, 2.45) is 11.8 Å². The molecule has 1 saturated carbocycles. The minimum absolute atomic E-state index is 0.143. The Kier molecular flexibility index (Phi) is 2.08. The van der Waals surface area contributed by atoms with Gasteiger partial charge in [-0.15, -0.1) is 0 Å². The van der Waals surface area contributed by atoms with Gasteiger partial charge in [0.1, 0.15) is 0 Å². The molecule has 2 amide bonds. The van der Waals surface area contributed by atoms with Crippen LogP contribution < -0.4 is 4.90 Å². The van der Waals surface area contributed by atoms with Gasteiger partial charge in [0.05, 0.1) is 23.1 Å². The quantitative estimate of drug-likeness (QED) is 0.794. The Bertz CT molecular complexity index is 573. The van der Waals surface area contributed by atoms with Crippen molar-refractivity contribution in [1.82, 2.24) is 0 Å². The van der Waals surface area contributed by atoms with Crippen LogP contribution in [0.1, 0.15) is 22.3 Å². The molecule has 1 saturated heterocycles. The van der Waals surface area contributed by atoms with Gasteiger partial charge in [0.25, 0.3) is 0 Å². The molecular weight excluding hydrogens is 234 g/mol. The average molecular weight is 245 g/mol. The van der Waals surface area contributed by atoms with E-state index in [-0.39, 0.29) is 29.2 Å². The number of anilines is 1. The number of fused-ring (bicyclic) bond motifs is 1. The Morgan fingerprint density at radius 3 is 2.39 bits per heavy atom. The lowest BCUT2D eigenvalue weighted by Gasteiger charge is -2.18. The molecular formula is C13H11NO4. The number of rotatable bonds is 2. The molecule has 2 fully saturated rings. The zero-order valence-corrected chi connectivity index (χ0v) is 9.71. The van der Waals surface area contributed by atoms with Crippen LogP contribution >= 0.6 is 0 Å². The second kappa shape index (κ2) is 3.41. The van der Waals surface area contributed by atoms with Crippen LogP contribution in [0.2, 0.25) is 0 Å². The number of piperidine rings is 1. The van der Waals surface area contributed by atoms with Crippen LogP contribution in [0.15, 0.2) is 18.2 Å². The topological polar surface area (TPSA) is 74.7 Å². The van der Waals surface area contributed by atoms with E-state index < -0.39 is 5.97 Å². The summed E-state index contributed by atoms with van der Waals surface area (Å²) in [5.41, 5.74) is 1.28. The van der Waals surface area contributed by atoms with Crippen molar-refractivity contribution >= 4 is 23.5 Å². The van der Waals surface area contributed by atoms with Crippen molar-refractivity contribution in [1.29, 1.82) is 0 Å². The van der Waals surface area contributed by atoms with Crippen LogP contribution in [0.5, 0.6) is 0 Å². The Balaban J connectivity index is 2.00. The second-order valence-corrected chi connectivity index (χ2v) is 4.77. The molecule has 92 valence electrons. The number of aromatic carboxylic acids is 1. The maximum absolute atomic E-state index is 11.9. The molecule has 1 aromatic rings. The Morgan fingerprint density at radius 2 is 1.89 bits per heavy atom. The zero-order valence-electron chi connectivity index (χ0n) is 9.71. The lowest BCUT2D eigenvalue weighted by Crippen LogP contribution is -2.33. The van der Waals surface area contributed by atoms with E-state index >= 15 is 0 Å². The Labute approximate surface area is 103 Å². The third-order valence-corrected chi connectivity index (χ3v) is 3.55. The monoisotopic (exact) mass is 245 g/mol. The predicted molar refractivity (Wildman–Crippen MR) is 62.2 cm³/mol. The molecule has 1 aliphatic heterocycles. The van der Waals surface area contributed by atoms with Crippen molar-refractivity contribution in [3.8, 4) is 0 Å². The lowest BCUT2D eigenvalue weighted by atomic mass is 10.1. The van der Waals surface area contributed by atoms with Crippen molar-refractivity contribution in [3.05, 3.63) is 29.3 Å². The SMILES string of the molecule is Cc1cc(C(=O)O)ccc1N1C(=O)C2CC2C1=O. The zero-order chi connectivity index (χ0) is 13.0. The first-order valence-corrected chi connectivity index (χ1v) is 5.72. The fourth-order valence-corrected chi connectivity index (χ4v) is 2.46. The summed E-state index contributed by atoms with van der Waals surface area (Å²) in [5, 5.41) is 8.87. The van der Waals surface area contributed by atoms with Gasteiger partial charge in [-0.1, -0.05) is 0 Å². The maximum Gasteiger partial charge on any atom is 0.335 e. The van der Waals surface area contributed by atoms with E-state index in [2.05, 4.69) is 0 Å². The number of hydrogen-bond donors (Lipinski definition) is 1. The number of carbonyl (C=O) groups excluding carboxylic acids is 2. The van der Waals surface area contributed by atoms with Crippen LogP contribution in [0, 0.1) is 18.8 Å². The number of imide groups is 1. The maximum atomic E-state index is 11.9. The van der Waals surface area contributed by atoms with Crippen molar-refractivity contribution < 1.29 is 19.5 Å². The van der Waals surface area contributed by atoms with Gasteiger partial charge in [-0.05, 0) is 37.1 Å². The van der Waals surface area contributed by atoms with E-state index in [4.69, 9.17) is 5.11 Å². The summed E-state index contributed by atoms with van der Waals surface area (Å²) in [6.07, 6.45) is 0.667. The summed E-state index contributed by atoms with van der Waals surface area (Å²) in [6, 6.07) is 4.41. The normalized spacial score (nSPS) is 25.3. The van der Waals surface area contributed by atoms with Crippen molar-refractivity contribution in [3.63, 3.8) is 0 Å². The highest BCUT2D eigenvalue weighted by Crippen LogP contribution is 2.48. The van der Waals surface area contributed by atoms with E-state index in [0.29, 0.717) is 17.7 Å². The number of carbonyl (C=O) groups is 3.